The van der Waals surface area contributed by atoms with Crippen molar-refractivity contribution >= 4 is 0 Å². The Morgan fingerprint density at radius 1 is 1.19 bits per heavy atom. The molecule has 1 heterocycles. The summed E-state index contributed by atoms with van der Waals surface area (Å²) in [7, 11) is 1.80. The van der Waals surface area contributed by atoms with Gasteiger partial charge in [-0.25, -0.2) is 4.39 Å². The minimum absolute atomic E-state index is 0.0784. The molecule has 1 saturated heterocycles. The van der Waals surface area contributed by atoms with Crippen LogP contribution in [0.3, 0.4) is 0 Å². The van der Waals surface area contributed by atoms with Crippen molar-refractivity contribution in [3.05, 3.63) is 35.6 Å². The van der Waals surface area contributed by atoms with Crippen molar-refractivity contribution in [2.45, 2.75) is 50.7 Å². The van der Waals surface area contributed by atoms with Gasteiger partial charge in [0.15, 0.2) is 0 Å². The van der Waals surface area contributed by atoms with Gasteiger partial charge in [0.05, 0.1) is 6.10 Å². The molecule has 0 N–H and O–H groups in total. The minimum atomic E-state index is -0.0784. The van der Waals surface area contributed by atoms with Crippen LogP contribution in [0, 0.1) is 11.7 Å². The normalized spacial score (nSPS) is 28.1. The first kappa shape index (κ1) is 15.0. The fourth-order valence-corrected chi connectivity index (χ4v) is 4.09. The molecule has 116 valence electrons. The van der Waals surface area contributed by atoms with E-state index in [0.717, 1.165) is 37.5 Å². The zero-order valence-corrected chi connectivity index (χ0v) is 12.9. The molecular formula is C18H26FNO. The molecule has 2 aliphatic rings. The zero-order chi connectivity index (χ0) is 14.7. The van der Waals surface area contributed by atoms with Crippen LogP contribution in [0.1, 0.15) is 37.7 Å². The second-order valence-electron chi connectivity index (χ2n) is 6.55. The van der Waals surface area contributed by atoms with E-state index in [9.17, 15) is 4.39 Å². The maximum absolute atomic E-state index is 13.9. The second kappa shape index (κ2) is 6.89. The van der Waals surface area contributed by atoms with Gasteiger partial charge in [-0.1, -0.05) is 31.0 Å². The highest BCUT2D eigenvalue weighted by atomic mass is 19.1. The maximum atomic E-state index is 13.9. The summed E-state index contributed by atoms with van der Waals surface area (Å²) in [5.74, 6) is 0.326. The molecule has 2 atom stereocenters. The number of ether oxygens (including phenoxy) is 1. The Morgan fingerprint density at radius 3 is 2.67 bits per heavy atom. The van der Waals surface area contributed by atoms with Gasteiger partial charge in [0, 0.05) is 32.2 Å². The molecule has 0 aromatic heterocycles. The average molecular weight is 291 g/mol. The van der Waals surface area contributed by atoms with Crippen LogP contribution in [0.4, 0.5) is 4.39 Å². The number of hydrogen-bond acceptors (Lipinski definition) is 2. The molecule has 1 aromatic rings. The highest BCUT2D eigenvalue weighted by Gasteiger charge is 2.33. The third kappa shape index (κ3) is 3.46. The standard InChI is InChI=1S/C18H26FNO/c1-21-18-10-11-20(16-7-3-4-8-16)13-15(18)12-14-6-2-5-9-17(14)19/h2,5-6,9,15-16,18H,3-4,7-8,10-13H2,1H3/t15-,18-/m1/s1. The summed E-state index contributed by atoms with van der Waals surface area (Å²) < 4.78 is 19.6. The van der Waals surface area contributed by atoms with Crippen LogP contribution in [0.5, 0.6) is 0 Å². The quantitative estimate of drug-likeness (QED) is 0.839. The molecule has 0 bridgehead atoms. The van der Waals surface area contributed by atoms with E-state index in [1.807, 2.05) is 12.1 Å². The van der Waals surface area contributed by atoms with Gasteiger partial charge in [-0.05, 0) is 37.3 Å². The van der Waals surface area contributed by atoms with Crippen molar-refractivity contribution in [2.24, 2.45) is 5.92 Å². The molecule has 1 aliphatic heterocycles. The summed E-state index contributed by atoms with van der Waals surface area (Å²) in [6, 6.07) is 7.92. The van der Waals surface area contributed by atoms with Gasteiger partial charge < -0.3 is 4.74 Å². The minimum Gasteiger partial charge on any atom is -0.381 e. The van der Waals surface area contributed by atoms with E-state index >= 15 is 0 Å². The molecule has 1 aromatic carbocycles. The number of methoxy groups -OCH3 is 1. The first-order valence-electron chi connectivity index (χ1n) is 8.28. The lowest BCUT2D eigenvalue weighted by Crippen LogP contribution is -2.48. The van der Waals surface area contributed by atoms with Gasteiger partial charge in [0.1, 0.15) is 5.82 Å². The Kier molecular flexibility index (Phi) is 4.91. The highest BCUT2D eigenvalue weighted by Crippen LogP contribution is 2.30. The molecule has 1 aliphatic carbocycles. The number of nitrogens with zero attached hydrogens (tertiary/aromatic N) is 1. The fraction of sp³-hybridized carbons (Fsp3) is 0.667. The summed E-state index contributed by atoms with van der Waals surface area (Å²) in [6.07, 6.45) is 7.54. The lowest BCUT2D eigenvalue weighted by Gasteiger charge is -2.41. The summed E-state index contributed by atoms with van der Waals surface area (Å²) in [5, 5.41) is 0. The molecule has 3 heteroatoms. The summed E-state index contributed by atoms with van der Waals surface area (Å²) in [5.41, 5.74) is 0.831. The lowest BCUT2D eigenvalue weighted by molar-refractivity contribution is -0.0179. The molecule has 0 unspecified atom stereocenters. The van der Waals surface area contributed by atoms with Crippen molar-refractivity contribution in [2.75, 3.05) is 20.2 Å². The van der Waals surface area contributed by atoms with Gasteiger partial charge in [0.2, 0.25) is 0 Å². The summed E-state index contributed by atoms with van der Waals surface area (Å²) in [6.45, 7) is 2.19. The monoisotopic (exact) mass is 291 g/mol. The van der Waals surface area contributed by atoms with E-state index in [-0.39, 0.29) is 11.9 Å². The Labute approximate surface area is 127 Å². The number of hydrogen-bond donors (Lipinski definition) is 0. The van der Waals surface area contributed by atoms with Crippen molar-refractivity contribution in [3.63, 3.8) is 0 Å². The van der Waals surface area contributed by atoms with Crippen LogP contribution in [-0.2, 0) is 11.2 Å². The molecule has 0 amide bonds. The molecule has 2 fully saturated rings. The summed E-state index contributed by atoms with van der Waals surface area (Å²) in [4.78, 5) is 2.63. The average Bonchev–Trinajstić information content (AvgIpc) is 3.04. The summed E-state index contributed by atoms with van der Waals surface area (Å²) >= 11 is 0. The molecule has 3 rings (SSSR count). The van der Waals surface area contributed by atoms with Gasteiger partial charge in [-0.3, -0.25) is 4.90 Å². The Morgan fingerprint density at radius 2 is 1.95 bits per heavy atom. The van der Waals surface area contributed by atoms with E-state index in [4.69, 9.17) is 4.74 Å². The van der Waals surface area contributed by atoms with Crippen LogP contribution < -0.4 is 0 Å². The van der Waals surface area contributed by atoms with Crippen LogP contribution in [0.15, 0.2) is 24.3 Å². The first-order valence-corrected chi connectivity index (χ1v) is 8.28. The number of benzene rings is 1. The predicted molar refractivity (Wildman–Crippen MR) is 82.8 cm³/mol. The number of likely N-dealkylation sites (tertiary alicyclic amines) is 1. The van der Waals surface area contributed by atoms with Crippen LogP contribution in [-0.4, -0.2) is 37.2 Å². The Hall–Kier alpha value is -0.930. The molecule has 2 nitrogen and oxygen atoms in total. The number of halogens is 1. The molecular weight excluding hydrogens is 265 g/mol. The van der Waals surface area contributed by atoms with Crippen LogP contribution >= 0.6 is 0 Å². The lowest BCUT2D eigenvalue weighted by atomic mass is 9.87. The van der Waals surface area contributed by atoms with Gasteiger partial charge in [0.25, 0.3) is 0 Å². The van der Waals surface area contributed by atoms with Gasteiger partial charge in [-0.15, -0.1) is 0 Å². The molecule has 0 spiro atoms. The molecule has 0 radical (unpaired) electrons. The van der Waals surface area contributed by atoms with E-state index < -0.39 is 0 Å². The third-order valence-electron chi connectivity index (χ3n) is 5.28. The Bertz CT molecular complexity index is 458. The Balaban J connectivity index is 1.69. The number of rotatable bonds is 4. The highest BCUT2D eigenvalue weighted by molar-refractivity contribution is 5.18. The maximum Gasteiger partial charge on any atom is 0.126 e. The SMILES string of the molecule is CO[C@@H]1CCN(C2CCCC2)C[C@H]1Cc1ccccc1F. The third-order valence-corrected chi connectivity index (χ3v) is 5.28. The van der Waals surface area contributed by atoms with E-state index in [1.54, 1.807) is 19.2 Å². The van der Waals surface area contributed by atoms with Crippen molar-refractivity contribution in [1.29, 1.82) is 0 Å². The van der Waals surface area contributed by atoms with Crippen LogP contribution in [0.25, 0.3) is 0 Å². The topological polar surface area (TPSA) is 12.5 Å². The predicted octanol–water partition coefficient (Wildman–Crippen LogP) is 3.65. The van der Waals surface area contributed by atoms with Crippen molar-refractivity contribution in [3.8, 4) is 0 Å². The number of piperidine rings is 1. The van der Waals surface area contributed by atoms with E-state index in [2.05, 4.69) is 4.90 Å². The zero-order valence-electron chi connectivity index (χ0n) is 12.9. The molecule has 1 saturated carbocycles. The van der Waals surface area contributed by atoms with E-state index in [0.29, 0.717) is 5.92 Å². The second-order valence-corrected chi connectivity index (χ2v) is 6.55. The fourth-order valence-electron chi connectivity index (χ4n) is 4.09. The van der Waals surface area contributed by atoms with E-state index in [1.165, 1.54) is 25.7 Å². The van der Waals surface area contributed by atoms with Crippen molar-refractivity contribution in [1.82, 2.24) is 4.90 Å². The smallest absolute Gasteiger partial charge is 0.126 e. The van der Waals surface area contributed by atoms with Gasteiger partial charge in [-0.2, -0.15) is 0 Å². The largest absolute Gasteiger partial charge is 0.381 e. The first-order chi connectivity index (χ1) is 10.3. The van der Waals surface area contributed by atoms with Crippen LogP contribution in [0.2, 0.25) is 0 Å². The van der Waals surface area contributed by atoms with Crippen molar-refractivity contribution < 1.29 is 9.13 Å². The molecule has 21 heavy (non-hydrogen) atoms. The van der Waals surface area contributed by atoms with Gasteiger partial charge >= 0.3 is 0 Å².